The van der Waals surface area contributed by atoms with Gasteiger partial charge < -0.3 is 15.1 Å². The maximum absolute atomic E-state index is 14.0. The number of amides is 2. The van der Waals surface area contributed by atoms with E-state index in [9.17, 15) is 9.59 Å². The lowest BCUT2D eigenvalue weighted by Crippen LogP contribution is -2.75. The SMILES string of the molecule is CC(C)CC1NC(=O)C2(CCN(CCc3ccccc3)CC2)N(C2CCN(Cc3ccccc3)C2)C1=O. The van der Waals surface area contributed by atoms with E-state index in [1.165, 1.54) is 11.1 Å². The normalized spacial score (nSPS) is 24.7. The van der Waals surface area contributed by atoms with E-state index < -0.39 is 11.6 Å². The van der Waals surface area contributed by atoms with Crippen LogP contribution in [0.1, 0.15) is 50.7 Å². The summed E-state index contributed by atoms with van der Waals surface area (Å²) in [5.74, 6) is 0.558. The van der Waals surface area contributed by atoms with Crippen molar-refractivity contribution in [1.82, 2.24) is 20.0 Å². The highest BCUT2D eigenvalue weighted by Gasteiger charge is 2.56. The van der Waals surface area contributed by atoms with Gasteiger partial charge in [0.05, 0.1) is 0 Å². The van der Waals surface area contributed by atoms with Crippen molar-refractivity contribution in [1.29, 1.82) is 0 Å². The Morgan fingerprint density at radius 1 is 0.892 bits per heavy atom. The highest BCUT2D eigenvalue weighted by molar-refractivity contribution is 6.00. The third-order valence-corrected chi connectivity index (χ3v) is 8.54. The molecule has 3 aliphatic rings. The van der Waals surface area contributed by atoms with Gasteiger partial charge in [0.15, 0.2) is 0 Å². The number of hydrogen-bond donors (Lipinski definition) is 1. The van der Waals surface area contributed by atoms with Gasteiger partial charge in [-0.15, -0.1) is 0 Å². The minimum atomic E-state index is -0.721. The molecule has 5 rings (SSSR count). The predicted molar refractivity (Wildman–Crippen MR) is 147 cm³/mol. The van der Waals surface area contributed by atoms with Crippen molar-refractivity contribution < 1.29 is 9.59 Å². The van der Waals surface area contributed by atoms with E-state index in [2.05, 4.69) is 88.5 Å². The molecule has 0 bridgehead atoms. The molecule has 0 aromatic heterocycles. The summed E-state index contributed by atoms with van der Waals surface area (Å²) < 4.78 is 0. The van der Waals surface area contributed by atoms with Crippen LogP contribution in [-0.2, 0) is 22.6 Å². The number of rotatable bonds is 8. The van der Waals surface area contributed by atoms with E-state index in [0.29, 0.717) is 25.2 Å². The second-order valence-electron chi connectivity index (χ2n) is 11.6. The van der Waals surface area contributed by atoms with E-state index in [1.54, 1.807) is 0 Å². The van der Waals surface area contributed by atoms with Crippen LogP contribution in [0, 0.1) is 5.92 Å². The first-order valence-corrected chi connectivity index (χ1v) is 14.1. The van der Waals surface area contributed by atoms with E-state index in [4.69, 9.17) is 0 Å². The Bertz CT molecular complexity index is 1050. The van der Waals surface area contributed by atoms with Crippen LogP contribution in [0.15, 0.2) is 60.7 Å². The number of hydrogen-bond acceptors (Lipinski definition) is 4. The molecule has 3 fully saturated rings. The van der Waals surface area contributed by atoms with Gasteiger partial charge in [0.2, 0.25) is 11.8 Å². The van der Waals surface area contributed by atoms with Gasteiger partial charge in [0, 0.05) is 45.3 Å². The Kier molecular flexibility index (Phi) is 7.96. The van der Waals surface area contributed by atoms with Crippen LogP contribution < -0.4 is 5.32 Å². The zero-order valence-corrected chi connectivity index (χ0v) is 22.4. The van der Waals surface area contributed by atoms with Gasteiger partial charge in [-0.2, -0.15) is 0 Å². The van der Waals surface area contributed by atoms with Crippen molar-refractivity contribution in [2.24, 2.45) is 5.92 Å². The van der Waals surface area contributed by atoms with E-state index in [-0.39, 0.29) is 17.9 Å². The number of nitrogens with one attached hydrogen (secondary N) is 1. The molecule has 37 heavy (non-hydrogen) atoms. The molecule has 2 aromatic carbocycles. The second kappa shape index (κ2) is 11.4. The highest BCUT2D eigenvalue weighted by atomic mass is 16.2. The average Bonchev–Trinajstić information content (AvgIpc) is 3.35. The maximum Gasteiger partial charge on any atom is 0.246 e. The molecule has 2 aromatic rings. The van der Waals surface area contributed by atoms with E-state index in [0.717, 1.165) is 52.1 Å². The van der Waals surface area contributed by atoms with E-state index >= 15 is 0 Å². The largest absolute Gasteiger partial charge is 0.342 e. The summed E-state index contributed by atoms with van der Waals surface area (Å²) in [5, 5.41) is 3.17. The lowest BCUT2D eigenvalue weighted by atomic mass is 9.79. The van der Waals surface area contributed by atoms with Crippen molar-refractivity contribution in [2.45, 2.75) is 70.1 Å². The first-order valence-electron chi connectivity index (χ1n) is 14.1. The maximum atomic E-state index is 14.0. The molecule has 3 aliphatic heterocycles. The summed E-state index contributed by atoms with van der Waals surface area (Å²) in [5.41, 5.74) is 1.92. The molecular formula is C31H42N4O2. The Balaban J connectivity index is 1.30. The molecule has 2 atom stereocenters. The Labute approximate surface area is 222 Å². The van der Waals surface area contributed by atoms with Crippen LogP contribution in [0.2, 0.25) is 0 Å². The number of benzene rings is 2. The third kappa shape index (κ3) is 5.75. The molecular weight excluding hydrogens is 460 g/mol. The van der Waals surface area contributed by atoms with Crippen molar-refractivity contribution in [2.75, 3.05) is 32.7 Å². The number of carbonyl (C=O) groups excluding carboxylic acids is 2. The summed E-state index contributed by atoms with van der Waals surface area (Å²) in [6.45, 7) is 9.60. The lowest BCUT2D eigenvalue weighted by Gasteiger charge is -2.54. The molecule has 2 unspecified atom stereocenters. The van der Waals surface area contributed by atoms with Crippen LogP contribution in [-0.4, -0.2) is 76.9 Å². The minimum Gasteiger partial charge on any atom is -0.342 e. The molecule has 6 nitrogen and oxygen atoms in total. The van der Waals surface area contributed by atoms with Gasteiger partial charge in [-0.05, 0) is 49.1 Å². The molecule has 3 heterocycles. The average molecular weight is 503 g/mol. The van der Waals surface area contributed by atoms with Crippen LogP contribution >= 0.6 is 0 Å². The molecule has 1 N–H and O–H groups in total. The lowest BCUT2D eigenvalue weighted by molar-refractivity contribution is -0.165. The van der Waals surface area contributed by atoms with E-state index in [1.807, 2.05) is 6.07 Å². The fourth-order valence-electron chi connectivity index (χ4n) is 6.56. The second-order valence-corrected chi connectivity index (χ2v) is 11.6. The number of nitrogens with zero attached hydrogens (tertiary/aromatic N) is 3. The molecule has 3 saturated heterocycles. The minimum absolute atomic E-state index is 0.0713. The Morgan fingerprint density at radius 2 is 1.54 bits per heavy atom. The highest BCUT2D eigenvalue weighted by Crippen LogP contribution is 2.37. The van der Waals surface area contributed by atoms with Crippen LogP contribution in [0.3, 0.4) is 0 Å². The van der Waals surface area contributed by atoms with Gasteiger partial charge in [-0.1, -0.05) is 74.5 Å². The fourth-order valence-corrected chi connectivity index (χ4v) is 6.56. The number of carbonyl (C=O) groups is 2. The molecule has 0 aliphatic carbocycles. The summed E-state index contributed by atoms with van der Waals surface area (Å²) in [6, 6.07) is 20.8. The van der Waals surface area contributed by atoms with Crippen molar-refractivity contribution in [3.8, 4) is 0 Å². The first kappa shape index (κ1) is 25.9. The zero-order valence-electron chi connectivity index (χ0n) is 22.4. The van der Waals surface area contributed by atoms with Crippen LogP contribution in [0.25, 0.3) is 0 Å². The van der Waals surface area contributed by atoms with Gasteiger partial charge in [0.25, 0.3) is 0 Å². The third-order valence-electron chi connectivity index (χ3n) is 8.54. The molecule has 1 spiro atoms. The quantitative estimate of drug-likeness (QED) is 0.598. The molecule has 6 heteroatoms. The number of likely N-dealkylation sites (tertiary alicyclic amines) is 2. The van der Waals surface area contributed by atoms with Crippen molar-refractivity contribution in [3.05, 3.63) is 71.8 Å². The summed E-state index contributed by atoms with van der Waals surface area (Å²) in [7, 11) is 0. The first-order chi connectivity index (χ1) is 17.9. The smallest absolute Gasteiger partial charge is 0.246 e. The Hall–Kier alpha value is -2.70. The zero-order chi connectivity index (χ0) is 25.8. The standard InChI is InChI=1S/C31H42N4O2/c1-24(2)21-28-29(36)35(27-14-18-34(23-27)22-26-11-7-4-8-12-26)31(30(37)32-28)15-19-33(20-16-31)17-13-25-9-5-3-6-10-25/h3-12,24,27-28H,13-23H2,1-2H3,(H,32,37). The van der Waals surface area contributed by atoms with Gasteiger partial charge in [0.1, 0.15) is 11.6 Å². The van der Waals surface area contributed by atoms with Gasteiger partial charge in [-0.3, -0.25) is 14.5 Å². The fraction of sp³-hybridized carbons (Fsp3) is 0.548. The molecule has 0 radical (unpaired) electrons. The summed E-state index contributed by atoms with van der Waals surface area (Å²) >= 11 is 0. The monoisotopic (exact) mass is 502 g/mol. The van der Waals surface area contributed by atoms with Crippen LogP contribution in [0.4, 0.5) is 0 Å². The number of piperazine rings is 1. The molecule has 0 saturated carbocycles. The number of piperidine rings is 1. The predicted octanol–water partition coefficient (Wildman–Crippen LogP) is 3.71. The molecule has 2 amide bonds. The van der Waals surface area contributed by atoms with Crippen molar-refractivity contribution >= 4 is 11.8 Å². The van der Waals surface area contributed by atoms with Gasteiger partial charge >= 0.3 is 0 Å². The van der Waals surface area contributed by atoms with Crippen molar-refractivity contribution in [3.63, 3.8) is 0 Å². The summed E-state index contributed by atoms with van der Waals surface area (Å²) in [6.07, 6.45) is 4.06. The molecule has 198 valence electrons. The summed E-state index contributed by atoms with van der Waals surface area (Å²) in [4.78, 5) is 34.8. The van der Waals surface area contributed by atoms with Crippen LogP contribution in [0.5, 0.6) is 0 Å². The Morgan fingerprint density at radius 3 is 2.19 bits per heavy atom. The van der Waals surface area contributed by atoms with Gasteiger partial charge in [-0.25, -0.2) is 0 Å². The topological polar surface area (TPSA) is 55.9 Å².